The maximum absolute atomic E-state index is 12.8. The molecule has 1 N–H and O–H groups in total. The van der Waals surface area contributed by atoms with Gasteiger partial charge < -0.3 is 9.73 Å². The zero-order valence-electron chi connectivity index (χ0n) is 10.8. The molecule has 0 saturated heterocycles. The summed E-state index contributed by atoms with van der Waals surface area (Å²) in [6.45, 7) is 3.24. The largest absolute Gasteiger partial charge is 0.466 e. The summed E-state index contributed by atoms with van der Waals surface area (Å²) < 4.78 is 43.6. The maximum atomic E-state index is 12.8. The van der Waals surface area contributed by atoms with Crippen molar-refractivity contribution in [1.82, 2.24) is 0 Å². The quantitative estimate of drug-likeness (QED) is 0.898. The first-order valence-electron chi connectivity index (χ1n) is 5.83. The lowest BCUT2D eigenvalue weighted by atomic mass is 10.1. The van der Waals surface area contributed by atoms with E-state index in [0.29, 0.717) is 11.5 Å². The number of nitrogens with one attached hydrogen (secondary N) is 1. The summed E-state index contributed by atoms with van der Waals surface area (Å²) in [5.74, 6) is 0.261. The third kappa shape index (κ3) is 2.84. The highest BCUT2D eigenvalue weighted by atomic mass is 19.4. The molecular formula is C14H12F3NO2. The summed E-state index contributed by atoms with van der Waals surface area (Å²) in [5, 5.41) is 2.27. The van der Waals surface area contributed by atoms with E-state index in [0.717, 1.165) is 6.07 Å². The van der Waals surface area contributed by atoms with Crippen LogP contribution < -0.4 is 5.32 Å². The molecule has 0 fully saturated rings. The van der Waals surface area contributed by atoms with Crippen molar-refractivity contribution in [3.63, 3.8) is 0 Å². The van der Waals surface area contributed by atoms with E-state index in [2.05, 4.69) is 5.32 Å². The highest BCUT2D eigenvalue weighted by molar-refractivity contribution is 6.05. The Kier molecular flexibility index (Phi) is 3.57. The monoisotopic (exact) mass is 283 g/mol. The average Bonchev–Trinajstić information content (AvgIpc) is 2.68. The summed E-state index contributed by atoms with van der Waals surface area (Å²) in [6.07, 6.45) is -4.52. The molecule has 20 heavy (non-hydrogen) atoms. The molecule has 2 aromatic rings. The molecule has 1 heterocycles. The molecule has 1 amide bonds. The Bertz CT molecular complexity index is 644. The number of alkyl halides is 3. The number of hydrogen-bond acceptors (Lipinski definition) is 2. The number of halogens is 3. The highest BCUT2D eigenvalue weighted by Gasteiger charge is 2.33. The van der Waals surface area contributed by atoms with Crippen LogP contribution >= 0.6 is 0 Å². The Balaban J connectivity index is 2.31. The van der Waals surface area contributed by atoms with Crippen molar-refractivity contribution in [2.45, 2.75) is 20.0 Å². The molecule has 0 spiro atoms. The van der Waals surface area contributed by atoms with Crippen molar-refractivity contribution in [3.05, 3.63) is 53.0 Å². The Morgan fingerprint density at radius 1 is 1.20 bits per heavy atom. The van der Waals surface area contributed by atoms with E-state index < -0.39 is 17.6 Å². The topological polar surface area (TPSA) is 42.2 Å². The van der Waals surface area contributed by atoms with Gasteiger partial charge in [0.15, 0.2) is 0 Å². The van der Waals surface area contributed by atoms with E-state index in [1.165, 1.54) is 24.3 Å². The number of anilines is 1. The van der Waals surface area contributed by atoms with Crippen molar-refractivity contribution >= 4 is 11.6 Å². The maximum Gasteiger partial charge on any atom is 0.418 e. The molecular weight excluding hydrogens is 271 g/mol. The normalized spacial score (nSPS) is 11.4. The minimum Gasteiger partial charge on any atom is -0.466 e. The molecule has 2 rings (SSSR count). The van der Waals surface area contributed by atoms with Crippen LogP contribution in [0.2, 0.25) is 0 Å². The van der Waals surface area contributed by atoms with Gasteiger partial charge in [-0.3, -0.25) is 4.79 Å². The molecule has 0 unspecified atom stereocenters. The second-order valence-corrected chi connectivity index (χ2v) is 4.32. The van der Waals surface area contributed by atoms with Gasteiger partial charge in [0.2, 0.25) is 0 Å². The van der Waals surface area contributed by atoms with Crippen LogP contribution in [-0.4, -0.2) is 5.91 Å². The van der Waals surface area contributed by atoms with Gasteiger partial charge in [0, 0.05) is 0 Å². The van der Waals surface area contributed by atoms with E-state index in [9.17, 15) is 18.0 Å². The average molecular weight is 283 g/mol. The van der Waals surface area contributed by atoms with Gasteiger partial charge in [0.1, 0.15) is 11.5 Å². The molecule has 3 nitrogen and oxygen atoms in total. The summed E-state index contributed by atoms with van der Waals surface area (Å²) in [6, 6.07) is 6.32. The SMILES string of the molecule is Cc1cc(C(=O)Nc2ccccc2C(F)(F)F)c(C)o1. The molecule has 0 aliphatic rings. The van der Waals surface area contributed by atoms with Gasteiger partial charge in [0.25, 0.3) is 5.91 Å². The van der Waals surface area contributed by atoms with Crippen molar-refractivity contribution in [2.75, 3.05) is 5.32 Å². The first-order valence-corrected chi connectivity index (χ1v) is 5.83. The van der Waals surface area contributed by atoms with Crippen LogP contribution in [0, 0.1) is 13.8 Å². The number of amides is 1. The molecule has 0 saturated carbocycles. The first-order chi connectivity index (χ1) is 9.29. The summed E-state index contributed by atoms with van der Waals surface area (Å²) in [5.41, 5.74) is -0.936. The van der Waals surface area contributed by atoms with Crippen LogP contribution in [-0.2, 0) is 6.18 Å². The molecule has 1 aromatic carbocycles. The summed E-state index contributed by atoms with van der Waals surface area (Å²) >= 11 is 0. The van der Waals surface area contributed by atoms with E-state index in [-0.39, 0.29) is 11.3 Å². The van der Waals surface area contributed by atoms with Crippen molar-refractivity contribution in [3.8, 4) is 0 Å². The number of benzene rings is 1. The molecule has 0 radical (unpaired) electrons. The fourth-order valence-electron chi connectivity index (χ4n) is 1.89. The van der Waals surface area contributed by atoms with Crippen LogP contribution in [0.3, 0.4) is 0 Å². The first kappa shape index (κ1) is 14.2. The molecule has 6 heteroatoms. The molecule has 1 aromatic heterocycles. The number of carbonyl (C=O) groups is 1. The fourth-order valence-corrected chi connectivity index (χ4v) is 1.89. The smallest absolute Gasteiger partial charge is 0.418 e. The van der Waals surface area contributed by atoms with Crippen LogP contribution in [0.4, 0.5) is 18.9 Å². The fraction of sp³-hybridized carbons (Fsp3) is 0.214. The molecule has 106 valence electrons. The Morgan fingerprint density at radius 3 is 2.40 bits per heavy atom. The van der Waals surface area contributed by atoms with Crippen LogP contribution in [0.1, 0.15) is 27.4 Å². The minimum absolute atomic E-state index is 0.222. The third-order valence-electron chi connectivity index (χ3n) is 2.77. The Morgan fingerprint density at radius 2 is 1.85 bits per heavy atom. The van der Waals surface area contributed by atoms with E-state index >= 15 is 0 Å². The summed E-state index contributed by atoms with van der Waals surface area (Å²) in [7, 11) is 0. The van der Waals surface area contributed by atoms with Gasteiger partial charge in [-0.15, -0.1) is 0 Å². The number of para-hydroxylation sites is 1. The zero-order valence-corrected chi connectivity index (χ0v) is 10.8. The lowest BCUT2D eigenvalue weighted by Crippen LogP contribution is -2.16. The summed E-state index contributed by atoms with van der Waals surface area (Å²) in [4.78, 5) is 12.0. The molecule has 0 aliphatic heterocycles. The number of hydrogen-bond donors (Lipinski definition) is 1. The van der Waals surface area contributed by atoms with Gasteiger partial charge in [-0.05, 0) is 32.0 Å². The van der Waals surface area contributed by atoms with E-state index in [4.69, 9.17) is 4.42 Å². The number of aryl methyl sites for hydroxylation is 2. The molecule has 0 bridgehead atoms. The van der Waals surface area contributed by atoms with Crippen LogP contribution in [0.5, 0.6) is 0 Å². The second kappa shape index (κ2) is 5.03. The molecule has 0 atom stereocenters. The highest BCUT2D eigenvalue weighted by Crippen LogP contribution is 2.34. The van der Waals surface area contributed by atoms with Crippen molar-refractivity contribution < 1.29 is 22.4 Å². The standard InChI is InChI=1S/C14H12F3NO2/c1-8-7-10(9(2)20-8)13(19)18-12-6-4-3-5-11(12)14(15,16)17/h3-7H,1-2H3,(H,18,19). The predicted octanol–water partition coefficient (Wildman–Crippen LogP) is 4.17. The lowest BCUT2D eigenvalue weighted by molar-refractivity contribution is -0.136. The number of furan rings is 1. The van der Waals surface area contributed by atoms with Crippen molar-refractivity contribution in [1.29, 1.82) is 0 Å². The van der Waals surface area contributed by atoms with Gasteiger partial charge >= 0.3 is 6.18 Å². The van der Waals surface area contributed by atoms with E-state index in [1.807, 2.05) is 0 Å². The number of rotatable bonds is 2. The minimum atomic E-state index is -4.52. The Hall–Kier alpha value is -2.24. The van der Waals surface area contributed by atoms with Crippen molar-refractivity contribution in [2.24, 2.45) is 0 Å². The third-order valence-corrected chi connectivity index (χ3v) is 2.77. The van der Waals surface area contributed by atoms with Crippen LogP contribution in [0.15, 0.2) is 34.7 Å². The molecule has 0 aliphatic carbocycles. The Labute approximate surface area is 113 Å². The number of carbonyl (C=O) groups excluding carboxylic acids is 1. The van der Waals surface area contributed by atoms with Gasteiger partial charge in [0.05, 0.1) is 16.8 Å². The lowest BCUT2D eigenvalue weighted by Gasteiger charge is -2.13. The van der Waals surface area contributed by atoms with Crippen LogP contribution in [0.25, 0.3) is 0 Å². The predicted molar refractivity (Wildman–Crippen MR) is 67.6 cm³/mol. The van der Waals surface area contributed by atoms with Gasteiger partial charge in [-0.25, -0.2) is 0 Å². The second-order valence-electron chi connectivity index (χ2n) is 4.32. The van der Waals surface area contributed by atoms with E-state index in [1.54, 1.807) is 13.8 Å². The van der Waals surface area contributed by atoms with Gasteiger partial charge in [-0.2, -0.15) is 13.2 Å². The van der Waals surface area contributed by atoms with Gasteiger partial charge in [-0.1, -0.05) is 12.1 Å². The zero-order chi connectivity index (χ0) is 14.9.